The van der Waals surface area contributed by atoms with Crippen LogP contribution >= 0.6 is 28.1 Å². The summed E-state index contributed by atoms with van der Waals surface area (Å²) in [5, 5.41) is 0. The van der Waals surface area contributed by atoms with Crippen LogP contribution in [0.15, 0.2) is 41.0 Å². The Balaban J connectivity index is 2.21. The highest BCUT2D eigenvalue weighted by Gasteiger charge is 2.03. The highest BCUT2D eigenvalue weighted by atomic mass is 79.9. The average molecular weight is 310 g/mol. The number of thiocarbonyl (C=S) groups is 1. The third kappa shape index (κ3) is 3.21. The molecule has 1 heterocycles. The van der Waals surface area contributed by atoms with Gasteiger partial charge in [-0.3, -0.25) is 0 Å². The van der Waals surface area contributed by atoms with Gasteiger partial charge in [0.2, 0.25) is 0 Å². The van der Waals surface area contributed by atoms with Crippen LogP contribution in [-0.2, 0) is 0 Å². The average Bonchev–Trinajstić information content (AvgIpc) is 2.32. The Bertz CT molecular complexity index is 545. The van der Waals surface area contributed by atoms with Crippen molar-refractivity contribution in [1.29, 1.82) is 0 Å². The van der Waals surface area contributed by atoms with Gasteiger partial charge in [-0.2, -0.15) is 4.98 Å². The van der Waals surface area contributed by atoms with Gasteiger partial charge in [0.05, 0.1) is 0 Å². The summed E-state index contributed by atoms with van der Waals surface area (Å²) in [7, 11) is 0. The maximum absolute atomic E-state index is 5.48. The zero-order valence-electron chi connectivity index (χ0n) is 8.63. The summed E-state index contributed by atoms with van der Waals surface area (Å²) < 4.78 is 6.44. The molecule has 2 aromatic rings. The third-order valence-electron chi connectivity index (χ3n) is 1.91. The molecule has 0 aliphatic heterocycles. The lowest BCUT2D eigenvalue weighted by Gasteiger charge is -2.04. The molecule has 2 N–H and O–H groups in total. The van der Waals surface area contributed by atoms with E-state index in [0.717, 1.165) is 4.47 Å². The van der Waals surface area contributed by atoms with Gasteiger partial charge >= 0.3 is 6.01 Å². The van der Waals surface area contributed by atoms with Crippen molar-refractivity contribution < 1.29 is 4.74 Å². The van der Waals surface area contributed by atoms with Crippen LogP contribution in [0.5, 0.6) is 11.8 Å². The summed E-state index contributed by atoms with van der Waals surface area (Å²) >= 11 is 8.17. The van der Waals surface area contributed by atoms with Crippen LogP contribution in [0.25, 0.3) is 0 Å². The molecule has 1 aromatic heterocycles. The fourth-order valence-electron chi connectivity index (χ4n) is 1.14. The van der Waals surface area contributed by atoms with Crippen molar-refractivity contribution in [3.8, 4) is 11.8 Å². The SMILES string of the molecule is NC(=S)c1ccnc(Oc2ccc(Br)cc2)n1. The van der Waals surface area contributed by atoms with E-state index in [9.17, 15) is 0 Å². The Morgan fingerprint density at radius 3 is 2.59 bits per heavy atom. The van der Waals surface area contributed by atoms with Gasteiger partial charge < -0.3 is 10.5 Å². The Morgan fingerprint density at radius 2 is 1.94 bits per heavy atom. The van der Waals surface area contributed by atoms with Gasteiger partial charge in [-0.1, -0.05) is 28.1 Å². The number of nitrogens with two attached hydrogens (primary N) is 1. The second-order valence-corrected chi connectivity index (χ2v) is 4.50. The predicted octanol–water partition coefficient (Wildman–Crippen LogP) is 2.67. The van der Waals surface area contributed by atoms with E-state index in [-0.39, 0.29) is 11.0 Å². The number of nitrogens with zero attached hydrogens (tertiary/aromatic N) is 2. The van der Waals surface area contributed by atoms with Gasteiger partial charge in [0.15, 0.2) is 0 Å². The first-order valence-corrected chi connectivity index (χ1v) is 5.91. The molecule has 86 valence electrons. The highest BCUT2D eigenvalue weighted by molar-refractivity contribution is 9.10. The number of benzene rings is 1. The van der Waals surface area contributed by atoms with Gasteiger partial charge in [0, 0.05) is 10.7 Å². The Kier molecular flexibility index (Phi) is 3.65. The van der Waals surface area contributed by atoms with E-state index in [0.29, 0.717) is 11.4 Å². The minimum Gasteiger partial charge on any atom is -0.424 e. The second kappa shape index (κ2) is 5.20. The molecule has 1 aromatic carbocycles. The largest absolute Gasteiger partial charge is 0.424 e. The lowest BCUT2D eigenvalue weighted by atomic mass is 10.3. The monoisotopic (exact) mass is 309 g/mol. The van der Waals surface area contributed by atoms with E-state index in [1.165, 1.54) is 0 Å². The zero-order chi connectivity index (χ0) is 12.3. The molecular formula is C11H8BrN3OS. The van der Waals surface area contributed by atoms with E-state index < -0.39 is 0 Å². The van der Waals surface area contributed by atoms with E-state index in [2.05, 4.69) is 25.9 Å². The zero-order valence-corrected chi connectivity index (χ0v) is 11.0. The quantitative estimate of drug-likeness (QED) is 0.883. The van der Waals surface area contributed by atoms with Crippen molar-refractivity contribution in [2.45, 2.75) is 0 Å². The van der Waals surface area contributed by atoms with Crippen molar-refractivity contribution >= 4 is 33.1 Å². The molecule has 4 nitrogen and oxygen atoms in total. The van der Waals surface area contributed by atoms with Crippen molar-refractivity contribution in [2.24, 2.45) is 5.73 Å². The molecule has 0 amide bonds. The van der Waals surface area contributed by atoms with Crippen molar-refractivity contribution in [2.75, 3.05) is 0 Å². The molecule has 0 radical (unpaired) electrons. The Labute approximate surface area is 112 Å². The first-order valence-electron chi connectivity index (χ1n) is 4.71. The topological polar surface area (TPSA) is 61.0 Å². The van der Waals surface area contributed by atoms with Crippen molar-refractivity contribution in [1.82, 2.24) is 9.97 Å². The molecule has 0 aliphatic rings. The maximum atomic E-state index is 5.48. The lowest BCUT2D eigenvalue weighted by Crippen LogP contribution is -2.12. The molecule has 0 unspecified atom stereocenters. The minimum absolute atomic E-state index is 0.216. The molecular weight excluding hydrogens is 302 g/mol. The molecule has 0 spiro atoms. The van der Waals surface area contributed by atoms with Gasteiger partial charge in [-0.15, -0.1) is 0 Å². The summed E-state index contributed by atoms with van der Waals surface area (Å²) in [6, 6.07) is 9.20. The molecule has 0 bridgehead atoms. The summed E-state index contributed by atoms with van der Waals surface area (Å²) in [4.78, 5) is 8.27. The van der Waals surface area contributed by atoms with Crippen molar-refractivity contribution in [3.63, 3.8) is 0 Å². The fourth-order valence-corrected chi connectivity index (χ4v) is 1.51. The number of hydrogen-bond donors (Lipinski definition) is 1. The van der Waals surface area contributed by atoms with Crippen LogP contribution in [0.3, 0.4) is 0 Å². The number of hydrogen-bond acceptors (Lipinski definition) is 4. The molecule has 0 fully saturated rings. The molecule has 2 rings (SSSR count). The normalized spacial score (nSPS) is 9.94. The lowest BCUT2D eigenvalue weighted by molar-refractivity contribution is 0.441. The van der Waals surface area contributed by atoms with Crippen LogP contribution in [0, 0.1) is 0 Å². The summed E-state index contributed by atoms with van der Waals surface area (Å²) in [5.74, 6) is 0.647. The number of rotatable bonds is 3. The number of aromatic nitrogens is 2. The van der Waals surface area contributed by atoms with Gasteiger partial charge in [-0.05, 0) is 30.3 Å². The summed E-state index contributed by atoms with van der Waals surface area (Å²) in [5.41, 5.74) is 5.96. The standard InChI is InChI=1S/C11H8BrN3OS/c12-7-1-3-8(4-2-7)16-11-14-6-5-9(15-11)10(13)17/h1-6H,(H2,13,17). The molecule has 0 aliphatic carbocycles. The van der Waals surface area contributed by atoms with Crippen LogP contribution < -0.4 is 10.5 Å². The molecule has 0 saturated heterocycles. The van der Waals surface area contributed by atoms with Crippen molar-refractivity contribution in [3.05, 3.63) is 46.7 Å². The first kappa shape index (κ1) is 11.9. The van der Waals surface area contributed by atoms with Gasteiger partial charge in [-0.25, -0.2) is 4.98 Å². The molecule has 0 saturated carbocycles. The van der Waals surface area contributed by atoms with E-state index >= 15 is 0 Å². The van der Waals surface area contributed by atoms with Crippen LogP contribution in [0.2, 0.25) is 0 Å². The van der Waals surface area contributed by atoms with Gasteiger partial charge in [0.1, 0.15) is 16.4 Å². The Hall–Kier alpha value is -1.53. The molecule has 0 atom stereocenters. The number of ether oxygens (including phenoxy) is 1. The first-order chi connectivity index (χ1) is 8.15. The molecule has 6 heteroatoms. The molecule has 17 heavy (non-hydrogen) atoms. The number of halogens is 1. The van der Waals surface area contributed by atoms with Gasteiger partial charge in [0.25, 0.3) is 0 Å². The van der Waals surface area contributed by atoms with E-state index in [4.69, 9.17) is 22.7 Å². The smallest absolute Gasteiger partial charge is 0.322 e. The highest BCUT2D eigenvalue weighted by Crippen LogP contribution is 2.20. The van der Waals surface area contributed by atoms with E-state index in [1.807, 2.05) is 12.1 Å². The Morgan fingerprint density at radius 1 is 1.24 bits per heavy atom. The fraction of sp³-hybridized carbons (Fsp3) is 0. The van der Waals surface area contributed by atoms with Crippen LogP contribution in [0.4, 0.5) is 0 Å². The third-order valence-corrected chi connectivity index (χ3v) is 2.65. The minimum atomic E-state index is 0.216. The van der Waals surface area contributed by atoms with E-state index in [1.54, 1.807) is 24.4 Å². The predicted molar refractivity (Wildman–Crippen MR) is 72.1 cm³/mol. The second-order valence-electron chi connectivity index (χ2n) is 3.14. The maximum Gasteiger partial charge on any atom is 0.322 e. The van der Waals surface area contributed by atoms with Crippen LogP contribution in [0.1, 0.15) is 5.69 Å². The van der Waals surface area contributed by atoms with Crippen LogP contribution in [-0.4, -0.2) is 15.0 Å². The summed E-state index contributed by atoms with van der Waals surface area (Å²) in [6.45, 7) is 0. The summed E-state index contributed by atoms with van der Waals surface area (Å²) in [6.07, 6.45) is 1.55.